The van der Waals surface area contributed by atoms with Crippen LogP contribution in [0.2, 0.25) is 0 Å². The van der Waals surface area contributed by atoms with E-state index in [1.165, 1.54) is 0 Å². The highest BCUT2D eigenvalue weighted by Gasteiger charge is 2.03. The lowest BCUT2D eigenvalue weighted by Crippen LogP contribution is -2.06. The Balaban J connectivity index is 2.53. The third-order valence-electron chi connectivity index (χ3n) is 2.06. The van der Waals surface area contributed by atoms with Gasteiger partial charge in [0.05, 0.1) is 0 Å². The number of pyridine rings is 1. The lowest BCUT2D eigenvalue weighted by atomic mass is 10.1. The third kappa shape index (κ3) is 1.34. The summed E-state index contributed by atoms with van der Waals surface area (Å²) in [6.07, 6.45) is 5.33. The lowest BCUT2D eigenvalue weighted by Gasteiger charge is -2.04. The molecule has 0 aliphatic heterocycles. The molecule has 0 saturated heterocycles. The minimum Gasteiger partial charge on any atom is -0.346 e. The van der Waals surface area contributed by atoms with Crippen molar-refractivity contribution in [2.24, 2.45) is 5.73 Å². The standard InChI is InChI=1S/C10H11N3/c1-2-9(11)8-5-7-3-4-12-10(7)13-6-8/h2-6,9H,1,11H2,(H,12,13)/t9-/m1/s1. The molecule has 0 spiro atoms. The molecule has 2 rings (SSSR count). The highest BCUT2D eigenvalue weighted by Crippen LogP contribution is 2.16. The van der Waals surface area contributed by atoms with E-state index in [0.29, 0.717) is 0 Å². The van der Waals surface area contributed by atoms with Crippen molar-refractivity contribution in [3.05, 3.63) is 42.7 Å². The van der Waals surface area contributed by atoms with Gasteiger partial charge in [0, 0.05) is 23.8 Å². The summed E-state index contributed by atoms with van der Waals surface area (Å²) < 4.78 is 0. The highest BCUT2D eigenvalue weighted by molar-refractivity contribution is 5.75. The lowest BCUT2D eigenvalue weighted by molar-refractivity contribution is 0.908. The molecule has 0 aliphatic carbocycles. The maximum Gasteiger partial charge on any atom is 0.137 e. The molecule has 0 saturated carbocycles. The van der Waals surface area contributed by atoms with Gasteiger partial charge >= 0.3 is 0 Å². The molecule has 3 nitrogen and oxygen atoms in total. The quantitative estimate of drug-likeness (QED) is 0.680. The van der Waals surface area contributed by atoms with Crippen molar-refractivity contribution in [3.63, 3.8) is 0 Å². The van der Waals surface area contributed by atoms with Crippen LogP contribution in [-0.4, -0.2) is 9.97 Å². The van der Waals surface area contributed by atoms with Crippen LogP contribution in [0.25, 0.3) is 11.0 Å². The van der Waals surface area contributed by atoms with E-state index in [1.54, 1.807) is 12.3 Å². The van der Waals surface area contributed by atoms with Crippen LogP contribution in [0.5, 0.6) is 0 Å². The molecule has 0 aliphatic rings. The molecule has 2 heterocycles. The Labute approximate surface area is 76.3 Å². The number of fused-ring (bicyclic) bond motifs is 1. The summed E-state index contributed by atoms with van der Waals surface area (Å²) in [5.74, 6) is 0. The van der Waals surface area contributed by atoms with Gasteiger partial charge < -0.3 is 10.7 Å². The number of aromatic nitrogens is 2. The number of rotatable bonds is 2. The van der Waals surface area contributed by atoms with Crippen LogP contribution in [0.4, 0.5) is 0 Å². The molecule has 0 bridgehead atoms. The second kappa shape index (κ2) is 3.03. The number of hydrogen-bond acceptors (Lipinski definition) is 2. The highest BCUT2D eigenvalue weighted by atomic mass is 14.8. The predicted molar refractivity (Wildman–Crippen MR) is 53.2 cm³/mol. The molecular weight excluding hydrogens is 162 g/mol. The molecule has 3 N–H and O–H groups in total. The smallest absolute Gasteiger partial charge is 0.137 e. The van der Waals surface area contributed by atoms with Crippen LogP contribution in [0.1, 0.15) is 11.6 Å². The first-order chi connectivity index (χ1) is 6.31. The van der Waals surface area contributed by atoms with Crippen molar-refractivity contribution in [3.8, 4) is 0 Å². The summed E-state index contributed by atoms with van der Waals surface area (Å²) in [5.41, 5.74) is 7.66. The van der Waals surface area contributed by atoms with Gasteiger partial charge in [-0.3, -0.25) is 0 Å². The average molecular weight is 173 g/mol. The fourth-order valence-electron chi connectivity index (χ4n) is 1.28. The molecule has 0 fully saturated rings. The molecule has 0 amide bonds. The van der Waals surface area contributed by atoms with Crippen molar-refractivity contribution >= 4 is 11.0 Å². The summed E-state index contributed by atoms with van der Waals surface area (Å²) in [6, 6.07) is 3.86. The largest absolute Gasteiger partial charge is 0.346 e. The molecule has 0 radical (unpaired) electrons. The van der Waals surface area contributed by atoms with Gasteiger partial charge in [0.2, 0.25) is 0 Å². The van der Waals surface area contributed by atoms with E-state index in [2.05, 4.69) is 16.5 Å². The summed E-state index contributed by atoms with van der Waals surface area (Å²) in [4.78, 5) is 7.25. The Bertz CT molecular complexity index is 430. The van der Waals surface area contributed by atoms with Gasteiger partial charge in [-0.15, -0.1) is 6.58 Å². The Hall–Kier alpha value is -1.61. The molecular formula is C10H11N3. The maximum atomic E-state index is 5.79. The second-order valence-corrected chi connectivity index (χ2v) is 2.95. The van der Waals surface area contributed by atoms with Crippen molar-refractivity contribution in [1.29, 1.82) is 0 Å². The Morgan fingerprint density at radius 2 is 2.46 bits per heavy atom. The van der Waals surface area contributed by atoms with Gasteiger partial charge in [-0.1, -0.05) is 6.08 Å². The predicted octanol–water partition coefficient (Wildman–Crippen LogP) is 1.75. The van der Waals surface area contributed by atoms with E-state index in [-0.39, 0.29) is 6.04 Å². The van der Waals surface area contributed by atoms with Gasteiger partial charge in [0.15, 0.2) is 0 Å². The van der Waals surface area contributed by atoms with Crippen LogP contribution in [0.3, 0.4) is 0 Å². The molecule has 2 aromatic rings. The Morgan fingerprint density at radius 1 is 1.62 bits per heavy atom. The van der Waals surface area contributed by atoms with Crippen molar-refractivity contribution in [1.82, 2.24) is 9.97 Å². The first-order valence-corrected chi connectivity index (χ1v) is 4.12. The van der Waals surface area contributed by atoms with Gasteiger partial charge in [0.1, 0.15) is 5.65 Å². The van der Waals surface area contributed by atoms with Gasteiger partial charge in [-0.05, 0) is 17.7 Å². The first kappa shape index (κ1) is 8.01. The SMILES string of the molecule is C=C[C@@H](N)c1cnc2[nH]ccc2c1. The van der Waals surface area contributed by atoms with Gasteiger partial charge in [-0.25, -0.2) is 4.98 Å². The normalized spacial score (nSPS) is 13.0. The molecule has 0 unspecified atom stereocenters. The van der Waals surface area contributed by atoms with E-state index in [0.717, 1.165) is 16.6 Å². The number of aromatic amines is 1. The van der Waals surface area contributed by atoms with Crippen LogP contribution >= 0.6 is 0 Å². The van der Waals surface area contributed by atoms with Crippen LogP contribution in [0.15, 0.2) is 37.2 Å². The van der Waals surface area contributed by atoms with E-state index in [1.807, 2.05) is 18.3 Å². The maximum absolute atomic E-state index is 5.79. The molecule has 66 valence electrons. The average Bonchev–Trinajstić information content (AvgIpc) is 2.63. The summed E-state index contributed by atoms with van der Waals surface area (Å²) in [6.45, 7) is 3.64. The first-order valence-electron chi connectivity index (χ1n) is 4.12. The van der Waals surface area contributed by atoms with E-state index in [9.17, 15) is 0 Å². The van der Waals surface area contributed by atoms with E-state index >= 15 is 0 Å². The van der Waals surface area contributed by atoms with E-state index in [4.69, 9.17) is 5.73 Å². The van der Waals surface area contributed by atoms with Crippen LogP contribution in [-0.2, 0) is 0 Å². The van der Waals surface area contributed by atoms with Crippen LogP contribution in [0, 0.1) is 0 Å². The Morgan fingerprint density at radius 3 is 3.23 bits per heavy atom. The third-order valence-corrected chi connectivity index (χ3v) is 2.06. The zero-order chi connectivity index (χ0) is 9.26. The number of nitrogens with one attached hydrogen (secondary N) is 1. The molecule has 13 heavy (non-hydrogen) atoms. The fourth-order valence-corrected chi connectivity index (χ4v) is 1.28. The number of nitrogens with two attached hydrogens (primary N) is 1. The molecule has 3 heteroatoms. The minimum absolute atomic E-state index is 0.133. The molecule has 0 aromatic carbocycles. The van der Waals surface area contributed by atoms with Gasteiger partial charge in [0.25, 0.3) is 0 Å². The Kier molecular flexibility index (Phi) is 1.87. The summed E-state index contributed by atoms with van der Waals surface area (Å²) in [7, 11) is 0. The number of H-pyrrole nitrogens is 1. The number of nitrogens with zero attached hydrogens (tertiary/aromatic N) is 1. The zero-order valence-electron chi connectivity index (χ0n) is 7.20. The van der Waals surface area contributed by atoms with Crippen molar-refractivity contribution < 1.29 is 0 Å². The fraction of sp³-hybridized carbons (Fsp3) is 0.100. The number of hydrogen-bond donors (Lipinski definition) is 2. The topological polar surface area (TPSA) is 54.7 Å². The second-order valence-electron chi connectivity index (χ2n) is 2.95. The van der Waals surface area contributed by atoms with Crippen molar-refractivity contribution in [2.75, 3.05) is 0 Å². The summed E-state index contributed by atoms with van der Waals surface area (Å²) in [5, 5.41) is 1.08. The monoisotopic (exact) mass is 173 g/mol. The van der Waals surface area contributed by atoms with Gasteiger partial charge in [-0.2, -0.15) is 0 Å². The minimum atomic E-state index is -0.133. The zero-order valence-corrected chi connectivity index (χ0v) is 7.20. The van der Waals surface area contributed by atoms with E-state index < -0.39 is 0 Å². The molecule has 2 aromatic heterocycles. The van der Waals surface area contributed by atoms with Crippen molar-refractivity contribution in [2.45, 2.75) is 6.04 Å². The summed E-state index contributed by atoms with van der Waals surface area (Å²) >= 11 is 0. The molecule has 1 atom stereocenters. The van der Waals surface area contributed by atoms with Crippen LogP contribution < -0.4 is 5.73 Å².